The number of nitrogens with zero attached hydrogens (tertiary/aromatic N) is 3. The van der Waals surface area contributed by atoms with Crippen LogP contribution in [0.2, 0.25) is 0 Å². The minimum Gasteiger partial charge on any atom is -0.382 e. The molecule has 8 heteroatoms. The fraction of sp³-hybridized carbons (Fsp3) is 0.692. The zero-order valence-electron chi connectivity index (χ0n) is 12.6. The Morgan fingerprint density at radius 1 is 1.52 bits per heavy atom. The average Bonchev–Trinajstić information content (AvgIpc) is 2.89. The number of anilines is 2. The van der Waals surface area contributed by atoms with E-state index in [1.807, 2.05) is 18.9 Å². The van der Waals surface area contributed by atoms with E-state index in [4.69, 9.17) is 10.5 Å². The van der Waals surface area contributed by atoms with Crippen molar-refractivity contribution in [2.45, 2.75) is 6.92 Å². The molecule has 0 radical (unpaired) electrons. The molecule has 118 valence electrons. The standard InChI is InChI=1S/C13H23N5O2S/c1-3-17(2)13-16-11(14)10(21-13)12(19)15-4-5-18-6-8-20-9-7-18/h3-9,14H2,1-2H3,(H,15,19). The Morgan fingerprint density at radius 3 is 2.90 bits per heavy atom. The first-order valence-corrected chi connectivity index (χ1v) is 7.99. The molecule has 21 heavy (non-hydrogen) atoms. The number of nitrogen functional groups attached to an aromatic ring is 1. The minimum atomic E-state index is -0.144. The molecule has 1 saturated heterocycles. The van der Waals surface area contributed by atoms with E-state index in [1.165, 1.54) is 11.3 Å². The number of rotatable bonds is 6. The quantitative estimate of drug-likeness (QED) is 0.783. The van der Waals surface area contributed by atoms with Gasteiger partial charge in [0, 0.05) is 39.8 Å². The lowest BCUT2D eigenvalue weighted by molar-refractivity contribution is 0.0383. The largest absolute Gasteiger partial charge is 0.382 e. The number of aromatic nitrogens is 1. The zero-order chi connectivity index (χ0) is 15.2. The molecule has 0 saturated carbocycles. The third-order valence-electron chi connectivity index (χ3n) is 3.47. The lowest BCUT2D eigenvalue weighted by atomic mass is 10.4. The van der Waals surface area contributed by atoms with Gasteiger partial charge >= 0.3 is 0 Å². The third-order valence-corrected chi connectivity index (χ3v) is 4.65. The second kappa shape index (κ2) is 7.58. The summed E-state index contributed by atoms with van der Waals surface area (Å²) in [6, 6.07) is 0. The van der Waals surface area contributed by atoms with Crippen LogP contribution in [0.4, 0.5) is 10.9 Å². The number of thiazole rings is 1. The van der Waals surface area contributed by atoms with E-state index in [0.29, 0.717) is 17.2 Å². The number of hydrogen-bond acceptors (Lipinski definition) is 7. The summed E-state index contributed by atoms with van der Waals surface area (Å²) in [5.74, 6) is 0.160. The maximum absolute atomic E-state index is 12.1. The maximum Gasteiger partial charge on any atom is 0.265 e. The molecule has 1 aromatic rings. The summed E-state index contributed by atoms with van der Waals surface area (Å²) in [5.41, 5.74) is 5.83. The Morgan fingerprint density at radius 2 is 2.24 bits per heavy atom. The molecular formula is C13H23N5O2S. The number of nitrogens with one attached hydrogen (secondary N) is 1. The molecule has 1 aliphatic heterocycles. The van der Waals surface area contributed by atoms with Crippen molar-refractivity contribution in [2.75, 3.05) is 63.6 Å². The van der Waals surface area contributed by atoms with E-state index in [0.717, 1.165) is 44.5 Å². The number of carbonyl (C=O) groups is 1. The van der Waals surface area contributed by atoms with Crippen LogP contribution >= 0.6 is 11.3 Å². The Hall–Kier alpha value is -1.38. The Kier molecular flexibility index (Phi) is 5.77. The second-order valence-corrected chi connectivity index (χ2v) is 5.91. The van der Waals surface area contributed by atoms with Gasteiger partial charge in [0.15, 0.2) is 5.13 Å². The molecule has 1 aliphatic rings. The molecule has 0 atom stereocenters. The van der Waals surface area contributed by atoms with E-state index >= 15 is 0 Å². The van der Waals surface area contributed by atoms with Crippen LogP contribution in [0, 0.1) is 0 Å². The Balaban J connectivity index is 1.83. The Bertz CT molecular complexity index is 473. The number of nitrogens with two attached hydrogens (primary N) is 1. The SMILES string of the molecule is CCN(C)c1nc(N)c(C(=O)NCCN2CCOCC2)s1. The van der Waals surface area contributed by atoms with Crippen molar-refractivity contribution in [3.05, 3.63) is 4.88 Å². The fourth-order valence-electron chi connectivity index (χ4n) is 2.01. The van der Waals surface area contributed by atoms with Gasteiger partial charge in [0.2, 0.25) is 0 Å². The van der Waals surface area contributed by atoms with Gasteiger partial charge in [-0.1, -0.05) is 11.3 Å². The fourth-order valence-corrected chi connectivity index (χ4v) is 2.94. The van der Waals surface area contributed by atoms with Gasteiger partial charge in [-0.3, -0.25) is 9.69 Å². The second-order valence-electron chi connectivity index (χ2n) is 4.93. The van der Waals surface area contributed by atoms with Crippen molar-refractivity contribution in [3.8, 4) is 0 Å². The minimum absolute atomic E-state index is 0.144. The lowest BCUT2D eigenvalue weighted by Crippen LogP contribution is -2.41. The van der Waals surface area contributed by atoms with Gasteiger partial charge in [0.1, 0.15) is 10.7 Å². The lowest BCUT2D eigenvalue weighted by Gasteiger charge is -2.26. The highest BCUT2D eigenvalue weighted by atomic mass is 32.1. The highest BCUT2D eigenvalue weighted by Crippen LogP contribution is 2.27. The molecule has 2 heterocycles. The van der Waals surface area contributed by atoms with E-state index in [-0.39, 0.29) is 5.91 Å². The predicted molar refractivity (Wildman–Crippen MR) is 85.1 cm³/mol. The number of hydrogen-bond donors (Lipinski definition) is 2. The van der Waals surface area contributed by atoms with Gasteiger partial charge in [-0.15, -0.1) is 0 Å². The number of morpholine rings is 1. The first kappa shape index (κ1) is 16.0. The van der Waals surface area contributed by atoms with Crippen molar-refractivity contribution >= 4 is 28.2 Å². The van der Waals surface area contributed by atoms with E-state index in [2.05, 4.69) is 15.2 Å². The van der Waals surface area contributed by atoms with E-state index in [9.17, 15) is 4.79 Å². The Labute approximate surface area is 129 Å². The van der Waals surface area contributed by atoms with E-state index < -0.39 is 0 Å². The molecule has 0 aromatic carbocycles. The van der Waals surface area contributed by atoms with Crippen LogP contribution in [0.5, 0.6) is 0 Å². The maximum atomic E-state index is 12.1. The molecular weight excluding hydrogens is 290 g/mol. The molecule has 3 N–H and O–H groups in total. The number of amides is 1. The number of ether oxygens (including phenoxy) is 1. The van der Waals surface area contributed by atoms with Crippen LogP contribution in [0.1, 0.15) is 16.6 Å². The van der Waals surface area contributed by atoms with Crippen LogP contribution in [-0.2, 0) is 4.74 Å². The van der Waals surface area contributed by atoms with Crippen molar-refractivity contribution in [2.24, 2.45) is 0 Å². The average molecular weight is 313 g/mol. The topological polar surface area (TPSA) is 83.7 Å². The molecule has 1 aromatic heterocycles. The highest BCUT2D eigenvalue weighted by molar-refractivity contribution is 7.18. The van der Waals surface area contributed by atoms with Crippen molar-refractivity contribution in [3.63, 3.8) is 0 Å². The van der Waals surface area contributed by atoms with E-state index in [1.54, 1.807) is 0 Å². The van der Waals surface area contributed by atoms with Crippen LogP contribution < -0.4 is 16.0 Å². The first-order valence-electron chi connectivity index (χ1n) is 7.17. The predicted octanol–water partition coefficient (Wildman–Crippen LogP) is 0.243. The summed E-state index contributed by atoms with van der Waals surface area (Å²) >= 11 is 1.33. The zero-order valence-corrected chi connectivity index (χ0v) is 13.4. The van der Waals surface area contributed by atoms with Crippen LogP contribution in [0.25, 0.3) is 0 Å². The molecule has 0 unspecified atom stereocenters. The van der Waals surface area contributed by atoms with Crippen molar-refractivity contribution in [1.29, 1.82) is 0 Å². The summed E-state index contributed by atoms with van der Waals surface area (Å²) in [4.78, 5) is 21.1. The molecule has 7 nitrogen and oxygen atoms in total. The summed E-state index contributed by atoms with van der Waals surface area (Å²) in [6.07, 6.45) is 0. The summed E-state index contributed by atoms with van der Waals surface area (Å²) in [6.45, 7) is 7.66. The van der Waals surface area contributed by atoms with Crippen LogP contribution in [-0.4, -0.2) is 68.8 Å². The normalized spacial score (nSPS) is 15.9. The summed E-state index contributed by atoms with van der Waals surface area (Å²) < 4.78 is 5.29. The van der Waals surface area contributed by atoms with Crippen molar-refractivity contribution < 1.29 is 9.53 Å². The van der Waals surface area contributed by atoms with Crippen LogP contribution in [0.3, 0.4) is 0 Å². The third kappa shape index (κ3) is 4.29. The molecule has 1 amide bonds. The first-order chi connectivity index (χ1) is 10.1. The molecule has 2 rings (SSSR count). The van der Waals surface area contributed by atoms with Gasteiger partial charge < -0.3 is 20.7 Å². The monoisotopic (exact) mass is 313 g/mol. The molecule has 1 fully saturated rings. The molecule has 0 spiro atoms. The van der Waals surface area contributed by atoms with Gasteiger partial charge in [-0.05, 0) is 6.92 Å². The number of carbonyl (C=O) groups excluding carboxylic acids is 1. The smallest absolute Gasteiger partial charge is 0.265 e. The highest BCUT2D eigenvalue weighted by Gasteiger charge is 2.18. The summed E-state index contributed by atoms with van der Waals surface area (Å²) in [5, 5.41) is 3.68. The van der Waals surface area contributed by atoms with Crippen LogP contribution in [0.15, 0.2) is 0 Å². The molecule has 0 aliphatic carbocycles. The van der Waals surface area contributed by atoms with Gasteiger partial charge in [-0.25, -0.2) is 4.98 Å². The van der Waals surface area contributed by atoms with Gasteiger partial charge in [0.25, 0.3) is 5.91 Å². The molecule has 0 bridgehead atoms. The van der Waals surface area contributed by atoms with Gasteiger partial charge in [-0.2, -0.15) is 0 Å². The van der Waals surface area contributed by atoms with Crippen molar-refractivity contribution in [1.82, 2.24) is 15.2 Å². The summed E-state index contributed by atoms with van der Waals surface area (Å²) in [7, 11) is 1.93. The van der Waals surface area contributed by atoms with Gasteiger partial charge in [0.05, 0.1) is 13.2 Å².